The summed E-state index contributed by atoms with van der Waals surface area (Å²) in [6, 6.07) is 11.2. The van der Waals surface area contributed by atoms with Gasteiger partial charge in [0.05, 0.1) is 15.9 Å². The highest BCUT2D eigenvalue weighted by atomic mass is 32.1. The summed E-state index contributed by atoms with van der Waals surface area (Å²) in [7, 11) is 0. The molecule has 27 heavy (non-hydrogen) atoms. The van der Waals surface area contributed by atoms with E-state index >= 15 is 0 Å². The van der Waals surface area contributed by atoms with Crippen LogP contribution in [-0.4, -0.2) is 23.4 Å². The summed E-state index contributed by atoms with van der Waals surface area (Å²) in [4.78, 5) is 28.4. The number of unbranched alkanes of at least 4 members (excludes halogenated alkanes) is 1. The first-order chi connectivity index (χ1) is 13.1. The Balaban J connectivity index is 1.51. The molecule has 7 heteroatoms. The predicted molar refractivity (Wildman–Crippen MR) is 107 cm³/mol. The van der Waals surface area contributed by atoms with Gasteiger partial charge in [-0.1, -0.05) is 30.7 Å². The number of amides is 2. The molecular weight excluding hydrogens is 362 g/mol. The molecule has 0 radical (unpaired) electrons. The molecule has 0 fully saturated rings. The molecule has 6 nitrogen and oxygen atoms in total. The number of thiazole rings is 1. The van der Waals surface area contributed by atoms with Crippen molar-refractivity contribution in [2.24, 2.45) is 0 Å². The molecule has 0 atom stereocenters. The highest BCUT2D eigenvalue weighted by Gasteiger charge is 2.18. The molecule has 3 aromatic rings. The Bertz CT molecular complexity index is 1030. The van der Waals surface area contributed by atoms with Crippen LogP contribution in [0.3, 0.4) is 0 Å². The number of rotatable bonds is 5. The largest absolute Gasteiger partial charge is 0.482 e. The zero-order valence-corrected chi connectivity index (χ0v) is 15.7. The number of hydrogen-bond donors (Lipinski definition) is 2. The van der Waals surface area contributed by atoms with Crippen LogP contribution in [0.5, 0.6) is 5.75 Å². The van der Waals surface area contributed by atoms with Crippen LogP contribution >= 0.6 is 11.3 Å². The zero-order chi connectivity index (χ0) is 18.8. The minimum Gasteiger partial charge on any atom is -0.482 e. The molecule has 2 heterocycles. The fraction of sp³-hybridized carbons (Fsp3) is 0.250. The molecule has 0 saturated carbocycles. The molecule has 0 bridgehead atoms. The van der Waals surface area contributed by atoms with Crippen molar-refractivity contribution in [3.63, 3.8) is 0 Å². The molecule has 0 saturated heterocycles. The van der Waals surface area contributed by atoms with Gasteiger partial charge in [-0.2, -0.15) is 0 Å². The fourth-order valence-electron chi connectivity index (χ4n) is 2.94. The fourth-order valence-corrected chi connectivity index (χ4v) is 3.87. The number of carbonyl (C=O) groups is 2. The molecule has 138 valence electrons. The number of nitrogens with one attached hydrogen (secondary N) is 2. The van der Waals surface area contributed by atoms with Crippen LogP contribution in [0, 0.1) is 0 Å². The lowest BCUT2D eigenvalue weighted by molar-refractivity contribution is -0.118. The summed E-state index contributed by atoms with van der Waals surface area (Å²) in [5.74, 6) is 0.0307. The maximum atomic E-state index is 12.6. The SMILES string of the molecule is CCCCc1ccc2nc(NC(=O)c3ccc4c(c3)OCC(=O)N4)sc2c1. The lowest BCUT2D eigenvalue weighted by Gasteiger charge is -2.18. The molecule has 1 aliphatic rings. The second kappa shape index (κ2) is 7.36. The van der Waals surface area contributed by atoms with E-state index in [2.05, 4.69) is 34.7 Å². The van der Waals surface area contributed by atoms with Crippen LogP contribution in [0.25, 0.3) is 10.2 Å². The van der Waals surface area contributed by atoms with Gasteiger partial charge in [0.2, 0.25) is 0 Å². The predicted octanol–water partition coefficient (Wildman–Crippen LogP) is 4.22. The van der Waals surface area contributed by atoms with E-state index in [1.165, 1.54) is 16.9 Å². The number of nitrogens with zero attached hydrogens (tertiary/aromatic N) is 1. The van der Waals surface area contributed by atoms with Gasteiger partial charge in [-0.05, 0) is 48.7 Å². The van der Waals surface area contributed by atoms with Gasteiger partial charge in [-0.25, -0.2) is 4.98 Å². The van der Waals surface area contributed by atoms with E-state index in [4.69, 9.17) is 4.74 Å². The van der Waals surface area contributed by atoms with Crippen molar-refractivity contribution in [2.75, 3.05) is 17.2 Å². The molecule has 2 amide bonds. The van der Waals surface area contributed by atoms with Gasteiger partial charge < -0.3 is 10.1 Å². The van der Waals surface area contributed by atoms with Crippen molar-refractivity contribution < 1.29 is 14.3 Å². The molecular formula is C20H19N3O3S. The smallest absolute Gasteiger partial charge is 0.262 e. The van der Waals surface area contributed by atoms with Gasteiger partial charge in [-0.15, -0.1) is 0 Å². The maximum absolute atomic E-state index is 12.6. The van der Waals surface area contributed by atoms with Crippen LogP contribution in [-0.2, 0) is 11.2 Å². The monoisotopic (exact) mass is 381 g/mol. The Kier molecular flexibility index (Phi) is 4.77. The topological polar surface area (TPSA) is 80.3 Å². The number of aryl methyl sites for hydroxylation is 1. The zero-order valence-electron chi connectivity index (χ0n) is 14.9. The molecule has 0 aliphatic carbocycles. The third kappa shape index (κ3) is 3.78. The van der Waals surface area contributed by atoms with Gasteiger partial charge in [0.15, 0.2) is 11.7 Å². The van der Waals surface area contributed by atoms with Gasteiger partial charge in [-0.3, -0.25) is 14.9 Å². The van der Waals surface area contributed by atoms with E-state index in [0.29, 0.717) is 22.1 Å². The molecule has 0 spiro atoms. The summed E-state index contributed by atoms with van der Waals surface area (Å²) >= 11 is 1.47. The standard InChI is InChI=1S/C20H19N3O3S/c1-2-3-4-12-5-7-15-17(9-12)27-20(22-15)23-19(25)13-6-8-14-16(10-13)26-11-18(24)21-14/h5-10H,2-4,11H2,1H3,(H,21,24)(H,22,23,25). The number of fused-ring (bicyclic) bond motifs is 2. The summed E-state index contributed by atoms with van der Waals surface area (Å²) in [6.07, 6.45) is 3.38. The van der Waals surface area contributed by atoms with Crippen LogP contribution in [0.1, 0.15) is 35.7 Å². The van der Waals surface area contributed by atoms with E-state index in [0.717, 1.165) is 29.5 Å². The van der Waals surface area contributed by atoms with Crippen molar-refractivity contribution in [3.05, 3.63) is 47.5 Å². The van der Waals surface area contributed by atoms with Crippen LogP contribution in [0.4, 0.5) is 10.8 Å². The highest BCUT2D eigenvalue weighted by Crippen LogP contribution is 2.30. The minimum atomic E-state index is -0.261. The highest BCUT2D eigenvalue weighted by molar-refractivity contribution is 7.22. The number of anilines is 2. The number of benzene rings is 2. The maximum Gasteiger partial charge on any atom is 0.262 e. The molecule has 1 aromatic heterocycles. The van der Waals surface area contributed by atoms with Crippen molar-refractivity contribution in [1.82, 2.24) is 4.98 Å². The third-order valence-electron chi connectivity index (χ3n) is 4.37. The molecule has 0 unspecified atom stereocenters. The quantitative estimate of drug-likeness (QED) is 0.693. The third-order valence-corrected chi connectivity index (χ3v) is 5.30. The molecule has 2 aromatic carbocycles. The Hall–Kier alpha value is -2.93. The van der Waals surface area contributed by atoms with E-state index in [-0.39, 0.29) is 18.4 Å². The number of ether oxygens (including phenoxy) is 1. The first-order valence-corrected chi connectivity index (χ1v) is 9.71. The van der Waals surface area contributed by atoms with E-state index in [9.17, 15) is 9.59 Å². The second-order valence-corrected chi connectivity index (χ2v) is 7.46. The van der Waals surface area contributed by atoms with Crippen molar-refractivity contribution in [2.45, 2.75) is 26.2 Å². The Morgan fingerprint density at radius 2 is 2.19 bits per heavy atom. The molecule has 1 aliphatic heterocycles. The van der Waals surface area contributed by atoms with Gasteiger partial charge in [0.25, 0.3) is 11.8 Å². The average molecular weight is 381 g/mol. The number of hydrogen-bond acceptors (Lipinski definition) is 5. The van der Waals surface area contributed by atoms with Crippen LogP contribution in [0.15, 0.2) is 36.4 Å². The van der Waals surface area contributed by atoms with E-state index < -0.39 is 0 Å². The number of aromatic nitrogens is 1. The second-order valence-electron chi connectivity index (χ2n) is 6.43. The van der Waals surface area contributed by atoms with Crippen LogP contribution in [0.2, 0.25) is 0 Å². The first-order valence-electron chi connectivity index (χ1n) is 8.90. The summed E-state index contributed by atoms with van der Waals surface area (Å²) in [6.45, 7) is 2.13. The van der Waals surface area contributed by atoms with E-state index in [1.807, 2.05) is 6.07 Å². The van der Waals surface area contributed by atoms with Crippen molar-refractivity contribution in [1.29, 1.82) is 0 Å². The van der Waals surface area contributed by atoms with Crippen LogP contribution < -0.4 is 15.4 Å². The molecule has 4 rings (SSSR count). The average Bonchev–Trinajstić information content (AvgIpc) is 3.07. The summed E-state index contributed by atoms with van der Waals surface area (Å²) in [5.41, 5.74) is 3.20. The normalized spacial score (nSPS) is 13.0. The van der Waals surface area contributed by atoms with E-state index in [1.54, 1.807) is 18.2 Å². The van der Waals surface area contributed by atoms with Crippen molar-refractivity contribution >= 4 is 44.2 Å². The van der Waals surface area contributed by atoms with Gasteiger partial charge in [0.1, 0.15) is 5.75 Å². The summed E-state index contributed by atoms with van der Waals surface area (Å²) in [5, 5.41) is 6.12. The number of carbonyl (C=O) groups excluding carboxylic acids is 2. The first kappa shape index (κ1) is 17.5. The van der Waals surface area contributed by atoms with Gasteiger partial charge >= 0.3 is 0 Å². The molecule has 2 N–H and O–H groups in total. The Morgan fingerprint density at radius 3 is 3.04 bits per heavy atom. The lowest BCUT2D eigenvalue weighted by atomic mass is 10.1. The Labute approximate surface area is 160 Å². The minimum absolute atomic E-state index is 0.0453. The van der Waals surface area contributed by atoms with Crippen molar-refractivity contribution in [3.8, 4) is 5.75 Å². The summed E-state index contributed by atoms with van der Waals surface area (Å²) < 4.78 is 6.43. The van der Waals surface area contributed by atoms with Gasteiger partial charge in [0, 0.05) is 5.56 Å². The Morgan fingerprint density at radius 1 is 1.30 bits per heavy atom. The lowest BCUT2D eigenvalue weighted by Crippen LogP contribution is -2.25.